The molecule has 0 N–H and O–H groups in total. The van der Waals surface area contributed by atoms with Gasteiger partial charge in [-0.3, -0.25) is 4.79 Å². The molecule has 0 heterocycles. The van der Waals surface area contributed by atoms with E-state index in [1.165, 1.54) is 17.5 Å². The molecule has 3 aromatic rings. The van der Waals surface area contributed by atoms with Crippen molar-refractivity contribution in [1.29, 1.82) is 0 Å². The van der Waals surface area contributed by atoms with Crippen molar-refractivity contribution in [2.24, 2.45) is 5.92 Å². The third-order valence-electron chi connectivity index (χ3n) is 6.86. The molecule has 0 aliphatic heterocycles. The van der Waals surface area contributed by atoms with E-state index in [-0.39, 0.29) is 23.8 Å². The second-order valence-corrected chi connectivity index (χ2v) is 9.98. The van der Waals surface area contributed by atoms with E-state index in [0.717, 1.165) is 42.8 Å². The summed E-state index contributed by atoms with van der Waals surface area (Å²) in [5.74, 6) is 0.424. The van der Waals surface area contributed by atoms with Crippen LogP contribution in [-0.4, -0.2) is 11.9 Å². The minimum Gasteiger partial charge on any atom is -0.309 e. The number of nitrogens with zero attached hydrogens (tertiary/aromatic N) is 1. The third kappa shape index (κ3) is 5.99. The molecule has 2 nitrogen and oxygen atoms in total. The molecule has 1 aliphatic carbocycles. The lowest BCUT2D eigenvalue weighted by molar-refractivity contribution is -0.123. The third-order valence-corrected chi connectivity index (χ3v) is 7.35. The average Bonchev–Trinajstić information content (AvgIpc) is 2.85. The van der Waals surface area contributed by atoms with Crippen molar-refractivity contribution in [3.8, 4) is 0 Å². The number of carbonyl (C=O) groups excluding carboxylic acids is 1. The fourth-order valence-corrected chi connectivity index (χ4v) is 5.37. The Hall–Kier alpha value is -2.29. The Labute approximate surface area is 207 Å². The highest BCUT2D eigenvalue weighted by Crippen LogP contribution is 2.35. The zero-order valence-corrected chi connectivity index (χ0v) is 20.6. The van der Waals surface area contributed by atoms with E-state index in [1.54, 1.807) is 0 Å². The van der Waals surface area contributed by atoms with Gasteiger partial charge in [0.05, 0.1) is 0 Å². The van der Waals surface area contributed by atoms with Gasteiger partial charge in [0.15, 0.2) is 0 Å². The molecule has 0 saturated heterocycles. The monoisotopic (exact) mass is 479 g/mol. The van der Waals surface area contributed by atoms with Gasteiger partial charge in [0, 0.05) is 33.6 Å². The molecule has 1 amide bonds. The van der Waals surface area contributed by atoms with Gasteiger partial charge in [0.25, 0.3) is 0 Å². The Morgan fingerprint density at radius 1 is 0.879 bits per heavy atom. The number of hydrogen-bond donors (Lipinski definition) is 0. The standard InChI is InChI=1S/C29H31Cl2NO/c1-21(28(23-9-4-2-5-10-23)19-22-15-17-25(30)18-16-22)32(27-14-8-13-26(31)20-27)29(33)24-11-6-3-7-12-24/h2,4-5,8-10,13-18,20-21,24,28H,3,6-7,11-12,19H2,1H3. The van der Waals surface area contributed by atoms with Crippen LogP contribution in [0.5, 0.6) is 0 Å². The fourth-order valence-electron chi connectivity index (χ4n) is 5.06. The van der Waals surface area contributed by atoms with Crippen molar-refractivity contribution in [3.05, 3.63) is 100 Å². The van der Waals surface area contributed by atoms with E-state index in [0.29, 0.717) is 5.02 Å². The maximum Gasteiger partial charge on any atom is 0.230 e. The molecule has 0 radical (unpaired) electrons. The Balaban J connectivity index is 1.73. The van der Waals surface area contributed by atoms with Crippen LogP contribution < -0.4 is 4.90 Å². The van der Waals surface area contributed by atoms with Crippen molar-refractivity contribution in [3.63, 3.8) is 0 Å². The fraction of sp³-hybridized carbons (Fsp3) is 0.345. The molecule has 1 saturated carbocycles. The van der Waals surface area contributed by atoms with Gasteiger partial charge in [-0.1, -0.05) is 91.0 Å². The predicted octanol–water partition coefficient (Wildman–Crippen LogP) is 8.32. The van der Waals surface area contributed by atoms with E-state index in [2.05, 4.69) is 43.3 Å². The molecule has 1 aliphatic rings. The largest absolute Gasteiger partial charge is 0.309 e. The first kappa shape index (κ1) is 23.9. The second-order valence-electron chi connectivity index (χ2n) is 9.11. The zero-order valence-electron chi connectivity index (χ0n) is 19.1. The Morgan fingerprint density at radius 3 is 2.24 bits per heavy atom. The van der Waals surface area contributed by atoms with Gasteiger partial charge < -0.3 is 4.90 Å². The summed E-state index contributed by atoms with van der Waals surface area (Å²) in [6.07, 6.45) is 6.23. The van der Waals surface area contributed by atoms with Crippen LogP contribution in [0.25, 0.3) is 0 Å². The zero-order chi connectivity index (χ0) is 23.2. The van der Waals surface area contributed by atoms with Crippen LogP contribution >= 0.6 is 23.2 Å². The van der Waals surface area contributed by atoms with Gasteiger partial charge in [-0.25, -0.2) is 0 Å². The molecule has 2 atom stereocenters. The van der Waals surface area contributed by atoms with Crippen molar-refractivity contribution in [1.82, 2.24) is 0 Å². The topological polar surface area (TPSA) is 20.3 Å². The maximum atomic E-state index is 13.9. The van der Waals surface area contributed by atoms with Crippen LogP contribution in [0.2, 0.25) is 10.0 Å². The summed E-state index contributed by atoms with van der Waals surface area (Å²) in [7, 11) is 0. The van der Waals surface area contributed by atoms with Gasteiger partial charge in [-0.15, -0.1) is 0 Å². The van der Waals surface area contributed by atoms with E-state index < -0.39 is 0 Å². The van der Waals surface area contributed by atoms with Crippen molar-refractivity contribution in [2.45, 2.75) is 57.4 Å². The van der Waals surface area contributed by atoms with Crippen molar-refractivity contribution < 1.29 is 4.79 Å². The summed E-state index contributed by atoms with van der Waals surface area (Å²) in [4.78, 5) is 16.0. The number of hydrogen-bond acceptors (Lipinski definition) is 1. The van der Waals surface area contributed by atoms with E-state index in [9.17, 15) is 4.79 Å². The van der Waals surface area contributed by atoms with Gasteiger partial charge in [-0.05, 0) is 67.6 Å². The number of benzene rings is 3. The second kappa shape index (κ2) is 11.2. The molecule has 0 aromatic heterocycles. The normalized spacial score (nSPS) is 16.2. The first-order valence-corrected chi connectivity index (χ1v) is 12.7. The average molecular weight is 480 g/mol. The number of amides is 1. The molecule has 3 aromatic carbocycles. The highest BCUT2D eigenvalue weighted by Gasteiger charge is 2.34. The lowest BCUT2D eigenvalue weighted by Crippen LogP contribution is -2.46. The first-order chi connectivity index (χ1) is 16.0. The van der Waals surface area contributed by atoms with Crippen molar-refractivity contribution >= 4 is 34.8 Å². The number of carbonyl (C=O) groups is 1. The maximum absolute atomic E-state index is 13.9. The molecule has 2 unspecified atom stereocenters. The summed E-state index contributed by atoms with van der Waals surface area (Å²) in [5.41, 5.74) is 3.31. The van der Waals surface area contributed by atoms with Gasteiger partial charge in [-0.2, -0.15) is 0 Å². The Morgan fingerprint density at radius 2 is 1.58 bits per heavy atom. The van der Waals surface area contributed by atoms with Crippen LogP contribution in [0.1, 0.15) is 56.1 Å². The Bertz CT molecular complexity index is 1040. The van der Waals surface area contributed by atoms with Crippen LogP contribution in [0, 0.1) is 5.92 Å². The highest BCUT2D eigenvalue weighted by molar-refractivity contribution is 6.31. The summed E-state index contributed by atoms with van der Waals surface area (Å²) in [6, 6.07) is 26.2. The Kier molecular flexibility index (Phi) is 8.11. The van der Waals surface area contributed by atoms with Crippen LogP contribution in [-0.2, 0) is 11.2 Å². The first-order valence-electron chi connectivity index (χ1n) is 11.9. The molecular formula is C29H31Cl2NO. The molecule has 4 heteroatoms. The number of anilines is 1. The summed E-state index contributed by atoms with van der Waals surface area (Å²) < 4.78 is 0. The van der Waals surface area contributed by atoms with E-state index in [4.69, 9.17) is 23.2 Å². The van der Waals surface area contributed by atoms with E-state index >= 15 is 0 Å². The minimum absolute atomic E-state index is 0.0454. The number of rotatable bonds is 7. The molecule has 4 rings (SSSR count). The molecular weight excluding hydrogens is 449 g/mol. The molecule has 0 bridgehead atoms. The van der Waals surface area contributed by atoms with Crippen LogP contribution in [0.4, 0.5) is 5.69 Å². The van der Waals surface area contributed by atoms with Crippen molar-refractivity contribution in [2.75, 3.05) is 4.90 Å². The minimum atomic E-state index is -0.0454. The van der Waals surface area contributed by atoms with Gasteiger partial charge >= 0.3 is 0 Å². The molecule has 33 heavy (non-hydrogen) atoms. The lowest BCUT2D eigenvalue weighted by Gasteiger charge is -2.38. The highest BCUT2D eigenvalue weighted by atomic mass is 35.5. The quantitative estimate of drug-likeness (QED) is 0.333. The smallest absolute Gasteiger partial charge is 0.230 e. The summed E-state index contributed by atoms with van der Waals surface area (Å²) >= 11 is 12.5. The predicted molar refractivity (Wildman–Crippen MR) is 139 cm³/mol. The molecule has 0 spiro atoms. The summed E-state index contributed by atoms with van der Waals surface area (Å²) in [6.45, 7) is 2.18. The van der Waals surface area contributed by atoms with Crippen LogP contribution in [0.3, 0.4) is 0 Å². The lowest BCUT2D eigenvalue weighted by atomic mass is 9.83. The molecule has 172 valence electrons. The van der Waals surface area contributed by atoms with E-state index in [1.807, 2.05) is 47.4 Å². The SMILES string of the molecule is CC(C(Cc1ccc(Cl)cc1)c1ccccc1)N(C(=O)C1CCCCC1)c1cccc(Cl)c1. The number of halogens is 2. The van der Waals surface area contributed by atoms with Crippen LogP contribution in [0.15, 0.2) is 78.9 Å². The summed E-state index contributed by atoms with van der Waals surface area (Å²) in [5, 5.41) is 1.38. The van der Waals surface area contributed by atoms with Gasteiger partial charge in [0.1, 0.15) is 0 Å². The molecule has 1 fully saturated rings. The van der Waals surface area contributed by atoms with Gasteiger partial charge in [0.2, 0.25) is 5.91 Å².